The van der Waals surface area contributed by atoms with Gasteiger partial charge in [0.1, 0.15) is 12.1 Å². The Morgan fingerprint density at radius 1 is 0.854 bits per heavy atom. The summed E-state index contributed by atoms with van der Waals surface area (Å²) in [5.74, 6) is -3.41. The van der Waals surface area contributed by atoms with Crippen LogP contribution >= 0.6 is 0 Å². The van der Waals surface area contributed by atoms with E-state index in [0.29, 0.717) is 23.5 Å². The average molecular weight is 571 g/mol. The zero-order valence-corrected chi connectivity index (χ0v) is 22.9. The maximum atomic E-state index is 12.8. The molecular weight excluding hydrogens is 536 g/mol. The summed E-state index contributed by atoms with van der Waals surface area (Å²) >= 11 is 0. The van der Waals surface area contributed by atoms with E-state index in [9.17, 15) is 33.9 Å². The van der Waals surface area contributed by atoms with E-state index in [4.69, 9.17) is 5.73 Å². The minimum atomic E-state index is -1.29. The van der Waals surface area contributed by atoms with Crippen LogP contribution in [0.15, 0.2) is 36.7 Å². The first-order chi connectivity index (χ1) is 19.4. The molecule has 2 atom stereocenters. The number of aliphatic hydroxyl groups excluding tert-OH is 1. The number of carbonyl (C=O) groups excluding carboxylic acids is 6. The molecule has 15 heteroatoms. The van der Waals surface area contributed by atoms with Crippen LogP contribution in [0.2, 0.25) is 0 Å². The SMILES string of the molecule is CC(=O)NCC(=O)N[C@@H](CC(C)C)C(=O)Nc1ccc(-c2ccc(C(=O)N[C@@H](CO)C(=O)NCC(N)=O)cn2)nc1. The molecule has 0 saturated heterocycles. The Bertz CT molecular complexity index is 1250. The molecule has 41 heavy (non-hydrogen) atoms. The van der Waals surface area contributed by atoms with Gasteiger partial charge in [0.25, 0.3) is 5.91 Å². The van der Waals surface area contributed by atoms with Crippen LogP contribution in [0.4, 0.5) is 5.69 Å². The van der Waals surface area contributed by atoms with Crippen molar-refractivity contribution in [2.24, 2.45) is 11.7 Å². The minimum Gasteiger partial charge on any atom is -0.394 e. The van der Waals surface area contributed by atoms with Crippen LogP contribution in [-0.2, 0) is 24.0 Å². The highest BCUT2D eigenvalue weighted by Gasteiger charge is 2.23. The summed E-state index contributed by atoms with van der Waals surface area (Å²) in [6.45, 7) is 3.73. The van der Waals surface area contributed by atoms with Crippen molar-refractivity contribution < 1.29 is 33.9 Å². The molecule has 2 aromatic heterocycles. The summed E-state index contributed by atoms with van der Waals surface area (Å²) in [6, 6.07) is 4.07. The molecule has 0 aliphatic heterocycles. The summed E-state index contributed by atoms with van der Waals surface area (Å²) in [5.41, 5.74) is 6.31. The molecule has 15 nitrogen and oxygen atoms in total. The Morgan fingerprint density at radius 2 is 1.51 bits per heavy atom. The number of anilines is 1. The monoisotopic (exact) mass is 570 g/mol. The number of primary amides is 1. The van der Waals surface area contributed by atoms with Gasteiger partial charge in [-0.25, -0.2) is 0 Å². The highest BCUT2D eigenvalue weighted by atomic mass is 16.3. The lowest BCUT2D eigenvalue weighted by Gasteiger charge is -2.20. The Balaban J connectivity index is 2.02. The van der Waals surface area contributed by atoms with E-state index in [2.05, 4.69) is 36.6 Å². The lowest BCUT2D eigenvalue weighted by atomic mass is 10.0. The standard InChI is InChI=1S/C26H34N8O7/c1-14(2)8-20(33-23(38)12-28-15(3)36)26(41)32-17-5-7-19(30-10-17)18-6-4-16(9-29-18)24(39)34-21(13-35)25(40)31-11-22(27)37/h4-7,9-10,14,20-21,35H,8,11-13H2,1-3H3,(H2,27,37)(H,28,36)(H,31,40)(H,32,41)(H,33,38)(H,34,39)/t20-,21-/m0/s1. The van der Waals surface area contributed by atoms with Crippen molar-refractivity contribution in [3.05, 3.63) is 42.2 Å². The first-order valence-electron chi connectivity index (χ1n) is 12.6. The van der Waals surface area contributed by atoms with Crippen LogP contribution in [0.1, 0.15) is 37.6 Å². The number of aliphatic hydroxyl groups is 1. The Morgan fingerprint density at radius 3 is 2.02 bits per heavy atom. The molecule has 0 spiro atoms. The predicted molar refractivity (Wildman–Crippen MR) is 147 cm³/mol. The molecule has 0 aliphatic rings. The third-order valence-corrected chi connectivity index (χ3v) is 5.42. The van der Waals surface area contributed by atoms with Gasteiger partial charge in [0.2, 0.25) is 29.5 Å². The highest BCUT2D eigenvalue weighted by Crippen LogP contribution is 2.17. The second-order valence-corrected chi connectivity index (χ2v) is 9.41. The molecule has 0 aromatic carbocycles. The predicted octanol–water partition coefficient (Wildman–Crippen LogP) is -1.56. The fraction of sp³-hybridized carbons (Fsp3) is 0.385. The van der Waals surface area contributed by atoms with Gasteiger partial charge in [-0.3, -0.25) is 38.7 Å². The zero-order valence-electron chi connectivity index (χ0n) is 22.9. The number of carbonyl (C=O) groups is 6. The van der Waals surface area contributed by atoms with E-state index in [0.717, 1.165) is 0 Å². The number of rotatable bonds is 14. The van der Waals surface area contributed by atoms with Crippen LogP contribution in [-0.4, -0.2) is 82.3 Å². The normalized spacial score (nSPS) is 12.0. The van der Waals surface area contributed by atoms with Crippen molar-refractivity contribution in [1.29, 1.82) is 0 Å². The average Bonchev–Trinajstić information content (AvgIpc) is 2.93. The number of pyridine rings is 2. The summed E-state index contributed by atoms with van der Waals surface area (Å²) in [6.07, 6.45) is 3.06. The number of nitrogens with two attached hydrogens (primary N) is 1. The van der Waals surface area contributed by atoms with Crippen molar-refractivity contribution in [3.63, 3.8) is 0 Å². The molecule has 8 N–H and O–H groups in total. The molecular formula is C26H34N8O7. The van der Waals surface area contributed by atoms with Gasteiger partial charge in [-0.1, -0.05) is 13.8 Å². The molecule has 2 aromatic rings. The minimum absolute atomic E-state index is 0.107. The number of hydrogen-bond donors (Lipinski definition) is 7. The first kappa shape index (κ1) is 32.3. The molecule has 0 bridgehead atoms. The molecule has 0 saturated carbocycles. The molecule has 0 radical (unpaired) electrons. The van der Waals surface area contributed by atoms with Crippen LogP contribution in [0, 0.1) is 5.92 Å². The van der Waals surface area contributed by atoms with Crippen molar-refractivity contribution in [1.82, 2.24) is 31.2 Å². The molecule has 0 fully saturated rings. The molecule has 0 unspecified atom stereocenters. The van der Waals surface area contributed by atoms with Crippen molar-refractivity contribution in [2.45, 2.75) is 39.3 Å². The lowest BCUT2D eigenvalue weighted by molar-refractivity contribution is -0.128. The van der Waals surface area contributed by atoms with E-state index in [1.807, 2.05) is 13.8 Å². The Labute approximate surface area is 236 Å². The number of aromatic nitrogens is 2. The maximum Gasteiger partial charge on any atom is 0.253 e. The van der Waals surface area contributed by atoms with E-state index in [1.54, 1.807) is 12.1 Å². The smallest absolute Gasteiger partial charge is 0.253 e. The van der Waals surface area contributed by atoms with Crippen molar-refractivity contribution in [2.75, 3.05) is 25.0 Å². The van der Waals surface area contributed by atoms with Crippen LogP contribution in [0.3, 0.4) is 0 Å². The third kappa shape index (κ3) is 11.0. The molecule has 2 heterocycles. The van der Waals surface area contributed by atoms with Crippen LogP contribution in [0.5, 0.6) is 0 Å². The van der Waals surface area contributed by atoms with Gasteiger partial charge < -0.3 is 37.4 Å². The van der Waals surface area contributed by atoms with E-state index >= 15 is 0 Å². The van der Waals surface area contributed by atoms with E-state index < -0.39 is 54.8 Å². The fourth-order valence-electron chi connectivity index (χ4n) is 3.41. The van der Waals surface area contributed by atoms with Gasteiger partial charge in [0.05, 0.1) is 48.5 Å². The number of amides is 6. The van der Waals surface area contributed by atoms with Gasteiger partial charge in [-0.05, 0) is 36.6 Å². The summed E-state index contributed by atoms with van der Waals surface area (Å²) < 4.78 is 0. The van der Waals surface area contributed by atoms with E-state index in [-0.39, 0.29) is 23.9 Å². The van der Waals surface area contributed by atoms with Gasteiger partial charge in [-0.2, -0.15) is 0 Å². The fourth-order valence-corrected chi connectivity index (χ4v) is 3.41. The highest BCUT2D eigenvalue weighted by molar-refractivity contribution is 5.98. The Hall–Kier alpha value is -4.92. The summed E-state index contributed by atoms with van der Waals surface area (Å²) in [4.78, 5) is 79.8. The topological polar surface area (TPSA) is 235 Å². The third-order valence-electron chi connectivity index (χ3n) is 5.42. The zero-order chi connectivity index (χ0) is 30.5. The number of nitrogens with zero attached hydrogens (tertiary/aromatic N) is 2. The van der Waals surface area contributed by atoms with Gasteiger partial charge in [-0.15, -0.1) is 0 Å². The van der Waals surface area contributed by atoms with Crippen molar-refractivity contribution >= 4 is 41.1 Å². The van der Waals surface area contributed by atoms with Crippen molar-refractivity contribution in [3.8, 4) is 11.4 Å². The van der Waals surface area contributed by atoms with Crippen LogP contribution in [0.25, 0.3) is 11.4 Å². The van der Waals surface area contributed by atoms with E-state index in [1.165, 1.54) is 31.5 Å². The largest absolute Gasteiger partial charge is 0.394 e. The summed E-state index contributed by atoms with van der Waals surface area (Å²) in [7, 11) is 0. The first-order valence-corrected chi connectivity index (χ1v) is 12.6. The maximum absolute atomic E-state index is 12.8. The Kier molecular flexibility index (Phi) is 12.3. The quantitative estimate of drug-likeness (QED) is 0.139. The van der Waals surface area contributed by atoms with Gasteiger partial charge in [0, 0.05) is 13.1 Å². The molecule has 6 amide bonds. The lowest BCUT2D eigenvalue weighted by Crippen LogP contribution is -2.50. The van der Waals surface area contributed by atoms with Gasteiger partial charge in [0.15, 0.2) is 0 Å². The van der Waals surface area contributed by atoms with Crippen LogP contribution < -0.4 is 32.3 Å². The number of hydrogen-bond acceptors (Lipinski definition) is 9. The number of nitrogens with one attached hydrogen (secondary N) is 5. The second kappa shape index (κ2) is 15.6. The van der Waals surface area contributed by atoms with Gasteiger partial charge >= 0.3 is 0 Å². The molecule has 2 rings (SSSR count). The summed E-state index contributed by atoms with van der Waals surface area (Å²) in [5, 5.41) is 21.7. The second-order valence-electron chi connectivity index (χ2n) is 9.41. The molecule has 220 valence electrons. The molecule has 0 aliphatic carbocycles.